The third-order valence-corrected chi connectivity index (χ3v) is 5.00. The number of rotatable bonds is 5. The molecule has 0 saturated carbocycles. The van der Waals surface area contributed by atoms with Gasteiger partial charge in [0.25, 0.3) is 0 Å². The van der Waals surface area contributed by atoms with Gasteiger partial charge in [0.1, 0.15) is 5.76 Å². The second-order valence-corrected chi connectivity index (χ2v) is 6.53. The third-order valence-electron chi connectivity index (χ3n) is 3.97. The highest BCUT2D eigenvalue weighted by atomic mass is 32.1. The Morgan fingerprint density at radius 1 is 1.55 bits per heavy atom. The van der Waals surface area contributed by atoms with Crippen molar-refractivity contribution in [2.24, 2.45) is 0 Å². The van der Waals surface area contributed by atoms with Gasteiger partial charge < -0.3 is 9.73 Å². The summed E-state index contributed by atoms with van der Waals surface area (Å²) in [6.07, 6.45) is 5.90. The Morgan fingerprint density at radius 2 is 2.45 bits per heavy atom. The van der Waals surface area contributed by atoms with E-state index in [0.717, 1.165) is 19.5 Å². The molecule has 0 radical (unpaired) electrons. The molecule has 22 heavy (non-hydrogen) atoms. The van der Waals surface area contributed by atoms with Gasteiger partial charge in [0.2, 0.25) is 5.91 Å². The SMILES string of the molecule is CC(CNC(=O)C=Cc1ccco1)N1CCc2sccc2C1. The standard InChI is InChI=1S/C17H20N2O2S/c1-13(19-8-6-16-14(12-19)7-10-22-16)11-18-17(20)5-4-15-3-2-9-21-15/h2-5,7,9-10,13H,6,8,11-12H2,1H3,(H,18,20). The van der Waals surface area contributed by atoms with Crippen LogP contribution in [0.15, 0.2) is 40.3 Å². The van der Waals surface area contributed by atoms with Crippen LogP contribution in [0.1, 0.15) is 23.1 Å². The van der Waals surface area contributed by atoms with Gasteiger partial charge in [-0.2, -0.15) is 0 Å². The number of carbonyl (C=O) groups is 1. The molecule has 3 rings (SSSR count). The molecule has 0 spiro atoms. The van der Waals surface area contributed by atoms with Crippen LogP contribution in [0.5, 0.6) is 0 Å². The average Bonchev–Trinajstić information content (AvgIpc) is 3.20. The van der Waals surface area contributed by atoms with Gasteiger partial charge in [-0.15, -0.1) is 11.3 Å². The van der Waals surface area contributed by atoms with E-state index in [1.54, 1.807) is 18.4 Å². The normalized spacial score (nSPS) is 16.6. The van der Waals surface area contributed by atoms with Crippen molar-refractivity contribution in [3.63, 3.8) is 0 Å². The van der Waals surface area contributed by atoms with E-state index in [1.165, 1.54) is 16.5 Å². The molecule has 0 fully saturated rings. The Hall–Kier alpha value is -1.85. The number of carbonyl (C=O) groups excluding carboxylic acids is 1. The van der Waals surface area contributed by atoms with Gasteiger partial charge in [-0.25, -0.2) is 0 Å². The minimum absolute atomic E-state index is 0.0866. The Kier molecular flexibility index (Phi) is 4.75. The van der Waals surface area contributed by atoms with E-state index in [-0.39, 0.29) is 5.91 Å². The van der Waals surface area contributed by atoms with Gasteiger partial charge >= 0.3 is 0 Å². The highest BCUT2D eigenvalue weighted by Crippen LogP contribution is 2.24. The first kappa shape index (κ1) is 15.1. The highest BCUT2D eigenvalue weighted by molar-refractivity contribution is 7.10. The first-order chi connectivity index (χ1) is 10.7. The maximum Gasteiger partial charge on any atom is 0.244 e. The number of amides is 1. The summed E-state index contributed by atoms with van der Waals surface area (Å²) in [7, 11) is 0. The van der Waals surface area contributed by atoms with E-state index in [9.17, 15) is 4.79 Å². The summed E-state index contributed by atoms with van der Waals surface area (Å²) in [5, 5.41) is 5.12. The zero-order valence-electron chi connectivity index (χ0n) is 12.6. The van der Waals surface area contributed by atoms with Gasteiger partial charge in [-0.05, 0) is 48.6 Å². The summed E-state index contributed by atoms with van der Waals surface area (Å²) in [6, 6.07) is 6.16. The van der Waals surface area contributed by atoms with Gasteiger partial charge in [-0.1, -0.05) is 0 Å². The number of hydrogen-bond acceptors (Lipinski definition) is 4. The summed E-state index contributed by atoms with van der Waals surface area (Å²) in [4.78, 5) is 15.8. The molecule has 0 bridgehead atoms. The molecule has 0 aliphatic carbocycles. The molecule has 3 heterocycles. The van der Waals surface area contributed by atoms with Crippen molar-refractivity contribution in [1.29, 1.82) is 0 Å². The van der Waals surface area contributed by atoms with Gasteiger partial charge in [-0.3, -0.25) is 9.69 Å². The number of hydrogen-bond donors (Lipinski definition) is 1. The summed E-state index contributed by atoms with van der Waals surface area (Å²) in [5.74, 6) is 0.598. The van der Waals surface area contributed by atoms with Crippen molar-refractivity contribution < 1.29 is 9.21 Å². The zero-order chi connectivity index (χ0) is 15.4. The fourth-order valence-electron chi connectivity index (χ4n) is 2.63. The minimum atomic E-state index is -0.0866. The highest BCUT2D eigenvalue weighted by Gasteiger charge is 2.21. The molecule has 2 aromatic rings. The molecule has 1 aliphatic heterocycles. The second kappa shape index (κ2) is 6.94. The van der Waals surface area contributed by atoms with Crippen LogP contribution in [-0.4, -0.2) is 29.9 Å². The van der Waals surface area contributed by atoms with Crippen LogP contribution in [0.4, 0.5) is 0 Å². The molecule has 4 nitrogen and oxygen atoms in total. The largest absolute Gasteiger partial charge is 0.465 e. The Morgan fingerprint density at radius 3 is 3.27 bits per heavy atom. The zero-order valence-corrected chi connectivity index (χ0v) is 13.4. The number of nitrogens with one attached hydrogen (secondary N) is 1. The molecule has 0 saturated heterocycles. The van der Waals surface area contributed by atoms with Crippen molar-refractivity contribution in [1.82, 2.24) is 10.2 Å². The lowest BCUT2D eigenvalue weighted by Gasteiger charge is -2.32. The molecular weight excluding hydrogens is 296 g/mol. The van der Waals surface area contributed by atoms with Crippen molar-refractivity contribution >= 4 is 23.3 Å². The van der Waals surface area contributed by atoms with Crippen molar-refractivity contribution in [2.45, 2.75) is 25.9 Å². The fourth-order valence-corrected chi connectivity index (χ4v) is 3.52. The monoisotopic (exact) mass is 316 g/mol. The van der Waals surface area contributed by atoms with Crippen molar-refractivity contribution in [3.8, 4) is 0 Å². The predicted octanol–water partition coefficient (Wildman–Crippen LogP) is 2.92. The van der Waals surface area contributed by atoms with E-state index in [0.29, 0.717) is 18.3 Å². The Balaban J connectivity index is 1.46. The lowest BCUT2D eigenvalue weighted by atomic mass is 10.1. The van der Waals surface area contributed by atoms with Gasteiger partial charge in [0, 0.05) is 36.6 Å². The van der Waals surface area contributed by atoms with E-state index in [2.05, 4.69) is 28.6 Å². The summed E-state index contributed by atoms with van der Waals surface area (Å²) >= 11 is 1.85. The van der Waals surface area contributed by atoms with Crippen LogP contribution in [0.2, 0.25) is 0 Å². The quantitative estimate of drug-likeness (QED) is 0.863. The maximum atomic E-state index is 11.8. The van der Waals surface area contributed by atoms with Crippen LogP contribution in [0.25, 0.3) is 6.08 Å². The van der Waals surface area contributed by atoms with Crippen molar-refractivity contribution in [3.05, 3.63) is 52.1 Å². The van der Waals surface area contributed by atoms with Crippen LogP contribution in [-0.2, 0) is 17.8 Å². The van der Waals surface area contributed by atoms with Crippen LogP contribution in [0.3, 0.4) is 0 Å². The van der Waals surface area contributed by atoms with Gasteiger partial charge in [0.05, 0.1) is 6.26 Å². The summed E-state index contributed by atoms with van der Waals surface area (Å²) in [6.45, 7) is 4.86. The van der Waals surface area contributed by atoms with Crippen LogP contribution >= 0.6 is 11.3 Å². The number of furan rings is 1. The van der Waals surface area contributed by atoms with E-state index < -0.39 is 0 Å². The first-order valence-corrected chi connectivity index (χ1v) is 8.39. The molecule has 1 aliphatic rings. The molecule has 1 atom stereocenters. The average molecular weight is 316 g/mol. The Labute approximate surface area is 134 Å². The maximum absolute atomic E-state index is 11.8. The predicted molar refractivity (Wildman–Crippen MR) is 88.6 cm³/mol. The third kappa shape index (κ3) is 3.67. The number of nitrogens with zero attached hydrogens (tertiary/aromatic N) is 1. The minimum Gasteiger partial charge on any atom is -0.465 e. The van der Waals surface area contributed by atoms with Crippen LogP contribution in [0, 0.1) is 0 Å². The summed E-state index contributed by atoms with van der Waals surface area (Å²) < 4.78 is 5.16. The molecule has 1 unspecified atom stereocenters. The van der Waals surface area contributed by atoms with E-state index in [4.69, 9.17) is 4.42 Å². The van der Waals surface area contributed by atoms with E-state index in [1.807, 2.05) is 17.4 Å². The van der Waals surface area contributed by atoms with Gasteiger partial charge in [0.15, 0.2) is 0 Å². The molecule has 1 N–H and O–H groups in total. The molecule has 0 aromatic carbocycles. The van der Waals surface area contributed by atoms with Crippen molar-refractivity contribution in [2.75, 3.05) is 13.1 Å². The molecule has 5 heteroatoms. The molecular formula is C17H20N2O2S. The Bertz CT molecular complexity index is 645. The molecule has 1 amide bonds. The summed E-state index contributed by atoms with van der Waals surface area (Å²) in [5.41, 5.74) is 1.44. The topological polar surface area (TPSA) is 45.5 Å². The molecule has 2 aromatic heterocycles. The number of thiophene rings is 1. The van der Waals surface area contributed by atoms with Crippen LogP contribution < -0.4 is 5.32 Å². The second-order valence-electron chi connectivity index (χ2n) is 5.53. The first-order valence-electron chi connectivity index (χ1n) is 7.51. The van der Waals surface area contributed by atoms with E-state index >= 15 is 0 Å². The smallest absolute Gasteiger partial charge is 0.244 e. The number of fused-ring (bicyclic) bond motifs is 1. The lowest BCUT2D eigenvalue weighted by Crippen LogP contribution is -2.43. The molecule has 116 valence electrons. The fraction of sp³-hybridized carbons (Fsp3) is 0.353. The lowest BCUT2D eigenvalue weighted by molar-refractivity contribution is -0.116.